The normalized spacial score (nSPS) is 29.2. The summed E-state index contributed by atoms with van der Waals surface area (Å²) in [5.74, 6) is 0.513. The lowest BCUT2D eigenvalue weighted by Crippen LogP contribution is -2.45. The van der Waals surface area contributed by atoms with Crippen molar-refractivity contribution in [2.75, 3.05) is 18.6 Å². The summed E-state index contributed by atoms with van der Waals surface area (Å²) in [6.45, 7) is 4.56. The molecule has 0 aromatic rings. The third-order valence-electron chi connectivity index (χ3n) is 3.71. The molecule has 0 aromatic heterocycles. The summed E-state index contributed by atoms with van der Waals surface area (Å²) in [6.07, 6.45) is 4.65. The molecule has 106 valence electrons. The van der Waals surface area contributed by atoms with Gasteiger partial charge in [-0.05, 0) is 38.5 Å². The zero-order valence-electron chi connectivity index (χ0n) is 11.6. The molecule has 0 spiro atoms. The van der Waals surface area contributed by atoms with Crippen molar-refractivity contribution in [2.24, 2.45) is 5.92 Å². The highest BCUT2D eigenvalue weighted by molar-refractivity contribution is 7.90. The van der Waals surface area contributed by atoms with E-state index >= 15 is 0 Å². The molecule has 0 aliphatic heterocycles. The van der Waals surface area contributed by atoms with Crippen molar-refractivity contribution in [2.45, 2.75) is 51.6 Å². The summed E-state index contributed by atoms with van der Waals surface area (Å²) in [7, 11) is -3.09. The molecule has 1 saturated carbocycles. The summed E-state index contributed by atoms with van der Waals surface area (Å²) < 4.78 is 28.0. The Morgan fingerprint density at radius 3 is 2.33 bits per heavy atom. The zero-order chi connectivity index (χ0) is 13.8. The minimum atomic E-state index is -3.09. The van der Waals surface area contributed by atoms with Gasteiger partial charge in [0.2, 0.25) is 0 Å². The van der Waals surface area contributed by atoms with Crippen LogP contribution in [-0.2, 0) is 19.4 Å². The number of Topliss-reactive ketones (excluding diaryl/α,β-unsaturated/α-hetero) is 1. The minimum absolute atomic E-state index is 0.0401. The van der Waals surface area contributed by atoms with Gasteiger partial charge in [0.15, 0.2) is 5.78 Å². The largest absolute Gasteiger partial charge is 0.368 e. The summed E-state index contributed by atoms with van der Waals surface area (Å²) in [5.41, 5.74) is -0.716. The average molecular weight is 276 g/mol. The van der Waals surface area contributed by atoms with Crippen LogP contribution in [-0.4, -0.2) is 38.4 Å². The van der Waals surface area contributed by atoms with E-state index in [9.17, 15) is 13.2 Å². The second kappa shape index (κ2) is 6.15. The maximum atomic E-state index is 12.3. The van der Waals surface area contributed by atoms with Gasteiger partial charge in [-0.3, -0.25) is 4.79 Å². The van der Waals surface area contributed by atoms with E-state index in [1.165, 1.54) is 0 Å². The van der Waals surface area contributed by atoms with Crippen molar-refractivity contribution in [3.05, 3.63) is 0 Å². The Hall–Kier alpha value is -0.420. The Kier molecular flexibility index (Phi) is 5.34. The summed E-state index contributed by atoms with van der Waals surface area (Å²) >= 11 is 0. The summed E-state index contributed by atoms with van der Waals surface area (Å²) in [4.78, 5) is 12.3. The smallest absolute Gasteiger partial charge is 0.165 e. The molecule has 0 N–H and O–H groups in total. The van der Waals surface area contributed by atoms with Crippen LogP contribution >= 0.6 is 0 Å². The van der Waals surface area contributed by atoms with E-state index in [0.717, 1.165) is 31.9 Å². The molecule has 1 aliphatic rings. The first kappa shape index (κ1) is 15.6. The number of carbonyl (C=O) groups excluding carboxylic acids is 1. The molecule has 0 unspecified atom stereocenters. The second-order valence-corrected chi connectivity index (χ2v) is 7.67. The maximum Gasteiger partial charge on any atom is 0.165 e. The lowest BCUT2D eigenvalue weighted by Gasteiger charge is -2.37. The van der Waals surface area contributed by atoms with Crippen LogP contribution in [0.25, 0.3) is 0 Å². The van der Waals surface area contributed by atoms with Crippen molar-refractivity contribution in [1.82, 2.24) is 0 Å². The van der Waals surface area contributed by atoms with Crippen molar-refractivity contribution in [3.8, 4) is 0 Å². The number of hydrogen-bond donors (Lipinski definition) is 0. The lowest BCUT2D eigenvalue weighted by atomic mass is 9.76. The van der Waals surface area contributed by atoms with Crippen LogP contribution in [0.3, 0.4) is 0 Å². The topological polar surface area (TPSA) is 60.4 Å². The molecule has 4 nitrogen and oxygen atoms in total. The van der Waals surface area contributed by atoms with E-state index in [-0.39, 0.29) is 18.0 Å². The molecule has 0 bridgehead atoms. The molecule has 0 radical (unpaired) electrons. The first-order valence-corrected chi connectivity index (χ1v) is 8.70. The van der Waals surface area contributed by atoms with Crippen LogP contribution in [0.4, 0.5) is 0 Å². The van der Waals surface area contributed by atoms with Crippen LogP contribution in [0.15, 0.2) is 0 Å². The van der Waals surface area contributed by atoms with Gasteiger partial charge in [-0.15, -0.1) is 0 Å². The van der Waals surface area contributed by atoms with Gasteiger partial charge in [0.25, 0.3) is 0 Å². The van der Waals surface area contributed by atoms with E-state index in [2.05, 4.69) is 6.92 Å². The van der Waals surface area contributed by atoms with Crippen LogP contribution < -0.4 is 0 Å². The van der Waals surface area contributed by atoms with Gasteiger partial charge in [0.05, 0.1) is 5.75 Å². The molecule has 1 aliphatic carbocycles. The minimum Gasteiger partial charge on any atom is -0.368 e. The average Bonchev–Trinajstić information content (AvgIpc) is 2.28. The van der Waals surface area contributed by atoms with Gasteiger partial charge in [0, 0.05) is 19.3 Å². The first-order valence-electron chi connectivity index (χ1n) is 6.64. The Labute approximate surface area is 110 Å². The molecule has 0 aromatic carbocycles. The SMILES string of the molecule is CCOC1(C(=O)CCS(C)(=O)=O)CCC(C)CC1. The summed E-state index contributed by atoms with van der Waals surface area (Å²) in [6, 6.07) is 0. The maximum absolute atomic E-state index is 12.3. The van der Waals surface area contributed by atoms with E-state index in [0.29, 0.717) is 12.5 Å². The number of ether oxygens (including phenoxy) is 1. The molecule has 0 saturated heterocycles. The third-order valence-corrected chi connectivity index (χ3v) is 4.66. The number of ketones is 1. The van der Waals surface area contributed by atoms with Gasteiger partial charge in [-0.25, -0.2) is 8.42 Å². The number of rotatable bonds is 6. The van der Waals surface area contributed by atoms with Crippen LogP contribution in [0.5, 0.6) is 0 Å². The van der Waals surface area contributed by atoms with Crippen LogP contribution in [0, 0.1) is 5.92 Å². The van der Waals surface area contributed by atoms with Crippen molar-refractivity contribution >= 4 is 15.6 Å². The first-order chi connectivity index (χ1) is 8.29. The lowest BCUT2D eigenvalue weighted by molar-refractivity contribution is -0.149. The van der Waals surface area contributed by atoms with Crippen molar-refractivity contribution < 1.29 is 17.9 Å². The predicted molar refractivity (Wildman–Crippen MR) is 71.3 cm³/mol. The molecule has 1 fully saturated rings. The highest BCUT2D eigenvalue weighted by Crippen LogP contribution is 2.36. The van der Waals surface area contributed by atoms with E-state index in [1.807, 2.05) is 6.92 Å². The van der Waals surface area contributed by atoms with E-state index in [4.69, 9.17) is 4.74 Å². The highest BCUT2D eigenvalue weighted by atomic mass is 32.2. The molecule has 5 heteroatoms. The molecule has 0 atom stereocenters. The molecular weight excluding hydrogens is 252 g/mol. The molecule has 18 heavy (non-hydrogen) atoms. The van der Waals surface area contributed by atoms with Gasteiger partial charge in [-0.2, -0.15) is 0 Å². The van der Waals surface area contributed by atoms with E-state index < -0.39 is 15.4 Å². The number of hydrogen-bond acceptors (Lipinski definition) is 4. The Bertz CT molecular complexity index is 378. The standard InChI is InChI=1S/C13H24O4S/c1-4-17-13(8-5-11(2)6-9-13)12(14)7-10-18(3,15)16/h11H,4-10H2,1-3H3. The van der Waals surface area contributed by atoms with Gasteiger partial charge >= 0.3 is 0 Å². The van der Waals surface area contributed by atoms with Crippen molar-refractivity contribution in [3.63, 3.8) is 0 Å². The van der Waals surface area contributed by atoms with Gasteiger partial charge in [0.1, 0.15) is 15.4 Å². The monoisotopic (exact) mass is 276 g/mol. The number of sulfone groups is 1. The third kappa shape index (κ3) is 4.35. The molecule has 1 rings (SSSR count). The van der Waals surface area contributed by atoms with Crippen LogP contribution in [0.1, 0.15) is 46.0 Å². The molecular formula is C13H24O4S. The predicted octanol–water partition coefficient (Wildman–Crippen LogP) is 1.98. The number of carbonyl (C=O) groups is 1. The zero-order valence-corrected chi connectivity index (χ0v) is 12.4. The summed E-state index contributed by atoms with van der Waals surface area (Å²) in [5, 5.41) is 0. The van der Waals surface area contributed by atoms with Gasteiger partial charge in [-0.1, -0.05) is 6.92 Å². The van der Waals surface area contributed by atoms with Gasteiger partial charge < -0.3 is 4.74 Å². The van der Waals surface area contributed by atoms with Crippen molar-refractivity contribution in [1.29, 1.82) is 0 Å². The fraction of sp³-hybridized carbons (Fsp3) is 0.923. The second-order valence-electron chi connectivity index (χ2n) is 5.41. The Morgan fingerprint density at radius 1 is 1.33 bits per heavy atom. The Morgan fingerprint density at radius 2 is 1.89 bits per heavy atom. The fourth-order valence-electron chi connectivity index (χ4n) is 2.51. The van der Waals surface area contributed by atoms with Crippen LogP contribution in [0.2, 0.25) is 0 Å². The Balaban J connectivity index is 2.69. The molecule has 0 heterocycles. The fourth-order valence-corrected chi connectivity index (χ4v) is 3.07. The molecule has 0 amide bonds. The van der Waals surface area contributed by atoms with E-state index in [1.54, 1.807) is 0 Å². The highest BCUT2D eigenvalue weighted by Gasteiger charge is 2.41. The quantitative estimate of drug-likeness (QED) is 0.744.